The molecule has 0 amide bonds. The fourth-order valence-electron chi connectivity index (χ4n) is 3.58. The lowest BCUT2D eigenvalue weighted by atomic mass is 10.1. The third kappa shape index (κ3) is 3.71. The highest BCUT2D eigenvalue weighted by atomic mass is 16.5. The fourth-order valence-corrected chi connectivity index (χ4v) is 3.58. The second kappa shape index (κ2) is 7.48. The summed E-state index contributed by atoms with van der Waals surface area (Å²) in [5.74, 6) is 0.298. The maximum absolute atomic E-state index is 12.7. The van der Waals surface area contributed by atoms with Crippen LogP contribution in [0.2, 0.25) is 0 Å². The first-order valence-corrected chi connectivity index (χ1v) is 9.28. The Hall–Kier alpha value is -2.73. The van der Waals surface area contributed by atoms with Gasteiger partial charge in [0.2, 0.25) is 11.7 Å². The summed E-state index contributed by atoms with van der Waals surface area (Å²) in [5, 5.41) is 0. The summed E-state index contributed by atoms with van der Waals surface area (Å²) in [7, 11) is 0. The predicted molar refractivity (Wildman–Crippen MR) is 102 cm³/mol. The Labute approximate surface area is 158 Å². The molecule has 0 radical (unpaired) electrons. The molecule has 6 heteroatoms. The molecule has 0 N–H and O–H groups in total. The smallest absolute Gasteiger partial charge is 0.233 e. The van der Waals surface area contributed by atoms with E-state index in [1.807, 2.05) is 44.2 Å². The van der Waals surface area contributed by atoms with Crippen LogP contribution in [0, 0.1) is 13.8 Å². The van der Waals surface area contributed by atoms with E-state index in [1.54, 1.807) is 6.20 Å². The molecule has 1 saturated heterocycles. The number of fused-ring (bicyclic) bond motifs is 1. The number of para-hydroxylation sites is 2. The van der Waals surface area contributed by atoms with Crippen molar-refractivity contribution in [3.8, 4) is 5.88 Å². The standard InChI is InChI=1S/C21H23N3O3/c1-14-10-17(15(2)24(14)12-16-6-5-9-26-16)20(25)13-27-21-11-22-18-7-3-4-8-19(18)23-21/h3-4,7-8,10-11,16H,5-6,9,12-13H2,1-2H3. The van der Waals surface area contributed by atoms with Crippen molar-refractivity contribution in [2.75, 3.05) is 13.2 Å². The summed E-state index contributed by atoms with van der Waals surface area (Å²) < 4.78 is 13.5. The molecule has 1 atom stereocenters. The van der Waals surface area contributed by atoms with Crippen LogP contribution < -0.4 is 4.74 Å². The van der Waals surface area contributed by atoms with Crippen molar-refractivity contribution >= 4 is 16.8 Å². The van der Waals surface area contributed by atoms with Gasteiger partial charge in [0.05, 0.1) is 23.3 Å². The number of aromatic nitrogens is 3. The highest BCUT2D eigenvalue weighted by Crippen LogP contribution is 2.21. The Morgan fingerprint density at radius 2 is 2.11 bits per heavy atom. The van der Waals surface area contributed by atoms with Gasteiger partial charge in [0.1, 0.15) is 0 Å². The predicted octanol–water partition coefficient (Wildman–Crippen LogP) is 3.49. The molecule has 1 aromatic carbocycles. The average Bonchev–Trinajstić information content (AvgIpc) is 3.30. The minimum atomic E-state index is -0.0587. The molecule has 1 aliphatic heterocycles. The number of Topliss-reactive ketones (excluding diaryl/α,β-unsaturated/α-hetero) is 1. The summed E-state index contributed by atoms with van der Waals surface area (Å²) in [6.45, 7) is 5.56. The maximum atomic E-state index is 12.7. The van der Waals surface area contributed by atoms with Gasteiger partial charge in [-0.1, -0.05) is 12.1 Å². The van der Waals surface area contributed by atoms with Crippen LogP contribution in [-0.4, -0.2) is 39.6 Å². The Morgan fingerprint density at radius 3 is 2.89 bits per heavy atom. The molecule has 27 heavy (non-hydrogen) atoms. The van der Waals surface area contributed by atoms with Crippen LogP contribution in [0.25, 0.3) is 11.0 Å². The number of benzene rings is 1. The quantitative estimate of drug-likeness (QED) is 0.626. The zero-order valence-electron chi connectivity index (χ0n) is 15.6. The van der Waals surface area contributed by atoms with Crippen molar-refractivity contribution < 1.29 is 14.3 Å². The number of nitrogens with zero attached hydrogens (tertiary/aromatic N) is 3. The number of hydrogen-bond acceptors (Lipinski definition) is 5. The third-order valence-corrected chi connectivity index (χ3v) is 5.06. The molecule has 0 aliphatic carbocycles. The molecule has 1 unspecified atom stereocenters. The molecule has 1 fully saturated rings. The lowest BCUT2D eigenvalue weighted by Gasteiger charge is -2.14. The summed E-state index contributed by atoms with van der Waals surface area (Å²) >= 11 is 0. The molecule has 1 aliphatic rings. The molecule has 140 valence electrons. The van der Waals surface area contributed by atoms with Crippen LogP contribution in [0.3, 0.4) is 0 Å². The summed E-state index contributed by atoms with van der Waals surface area (Å²) in [4.78, 5) is 21.4. The Kier molecular flexibility index (Phi) is 4.90. The van der Waals surface area contributed by atoms with E-state index in [-0.39, 0.29) is 18.5 Å². The minimum Gasteiger partial charge on any atom is -0.468 e. The molecular weight excluding hydrogens is 342 g/mol. The molecule has 6 nitrogen and oxygen atoms in total. The monoisotopic (exact) mass is 365 g/mol. The van der Waals surface area contributed by atoms with Gasteiger partial charge in [-0.15, -0.1) is 0 Å². The van der Waals surface area contributed by atoms with Crippen LogP contribution in [0.15, 0.2) is 36.5 Å². The number of hydrogen-bond donors (Lipinski definition) is 0. The van der Waals surface area contributed by atoms with E-state index in [0.29, 0.717) is 11.4 Å². The van der Waals surface area contributed by atoms with E-state index >= 15 is 0 Å². The number of aryl methyl sites for hydroxylation is 1. The van der Waals surface area contributed by atoms with Crippen LogP contribution in [-0.2, 0) is 11.3 Å². The molecule has 0 saturated carbocycles. The first-order chi connectivity index (χ1) is 13.1. The second-order valence-corrected chi connectivity index (χ2v) is 6.94. The zero-order chi connectivity index (χ0) is 18.8. The van der Waals surface area contributed by atoms with E-state index in [4.69, 9.17) is 9.47 Å². The van der Waals surface area contributed by atoms with Crippen molar-refractivity contribution in [3.05, 3.63) is 53.5 Å². The number of ether oxygens (including phenoxy) is 2. The van der Waals surface area contributed by atoms with Crippen LogP contribution >= 0.6 is 0 Å². The first-order valence-electron chi connectivity index (χ1n) is 9.28. The summed E-state index contributed by atoms with van der Waals surface area (Å²) in [6.07, 6.45) is 3.97. The van der Waals surface area contributed by atoms with Gasteiger partial charge in [-0.25, -0.2) is 9.97 Å². The van der Waals surface area contributed by atoms with E-state index in [0.717, 1.165) is 48.4 Å². The zero-order valence-corrected chi connectivity index (χ0v) is 15.6. The van der Waals surface area contributed by atoms with Crippen LogP contribution in [0.1, 0.15) is 34.6 Å². The van der Waals surface area contributed by atoms with Gasteiger partial charge in [0.25, 0.3) is 0 Å². The fraction of sp³-hybridized carbons (Fsp3) is 0.381. The summed E-state index contributed by atoms with van der Waals surface area (Å²) in [6, 6.07) is 9.50. The molecule has 0 spiro atoms. The minimum absolute atomic E-state index is 0.0583. The first kappa shape index (κ1) is 17.7. The van der Waals surface area contributed by atoms with Crippen molar-refractivity contribution in [2.45, 2.75) is 39.3 Å². The number of carbonyl (C=O) groups is 1. The lowest BCUT2D eigenvalue weighted by Crippen LogP contribution is -2.18. The van der Waals surface area contributed by atoms with Crippen molar-refractivity contribution in [3.63, 3.8) is 0 Å². The van der Waals surface area contributed by atoms with Gasteiger partial charge < -0.3 is 14.0 Å². The van der Waals surface area contributed by atoms with E-state index < -0.39 is 0 Å². The normalized spacial score (nSPS) is 16.7. The third-order valence-electron chi connectivity index (χ3n) is 5.06. The van der Waals surface area contributed by atoms with E-state index in [2.05, 4.69) is 14.5 Å². The van der Waals surface area contributed by atoms with Crippen molar-refractivity contribution in [1.29, 1.82) is 0 Å². The van der Waals surface area contributed by atoms with Gasteiger partial charge in [0, 0.05) is 30.1 Å². The van der Waals surface area contributed by atoms with E-state index in [9.17, 15) is 4.79 Å². The van der Waals surface area contributed by atoms with Crippen molar-refractivity contribution in [1.82, 2.24) is 14.5 Å². The number of rotatable bonds is 6. The lowest BCUT2D eigenvalue weighted by molar-refractivity contribution is 0.0911. The average molecular weight is 365 g/mol. The van der Waals surface area contributed by atoms with Crippen molar-refractivity contribution in [2.24, 2.45) is 0 Å². The topological polar surface area (TPSA) is 66.2 Å². The molecule has 3 aromatic rings. The van der Waals surface area contributed by atoms with Gasteiger partial charge in [-0.2, -0.15) is 0 Å². The Morgan fingerprint density at radius 1 is 1.30 bits per heavy atom. The van der Waals surface area contributed by atoms with Gasteiger partial charge in [0.15, 0.2) is 6.61 Å². The van der Waals surface area contributed by atoms with E-state index in [1.165, 1.54) is 0 Å². The second-order valence-electron chi connectivity index (χ2n) is 6.94. The van der Waals surface area contributed by atoms with Crippen LogP contribution in [0.4, 0.5) is 0 Å². The Bertz CT molecular complexity index is 974. The molecular formula is C21H23N3O3. The molecule has 3 heterocycles. The highest BCUT2D eigenvalue weighted by Gasteiger charge is 2.21. The molecule has 4 rings (SSSR count). The SMILES string of the molecule is Cc1cc(C(=O)COc2cnc3ccccc3n2)c(C)n1CC1CCCO1. The molecule has 2 aromatic heterocycles. The van der Waals surface area contributed by atoms with Gasteiger partial charge >= 0.3 is 0 Å². The largest absolute Gasteiger partial charge is 0.468 e. The number of ketones is 1. The molecule has 0 bridgehead atoms. The summed E-state index contributed by atoms with van der Waals surface area (Å²) in [5.41, 5.74) is 4.27. The maximum Gasteiger partial charge on any atom is 0.233 e. The Balaban J connectivity index is 1.45. The van der Waals surface area contributed by atoms with Gasteiger partial charge in [-0.05, 0) is 44.9 Å². The van der Waals surface area contributed by atoms with Crippen LogP contribution in [0.5, 0.6) is 5.88 Å². The number of carbonyl (C=O) groups excluding carboxylic acids is 1. The van der Waals surface area contributed by atoms with Gasteiger partial charge in [-0.3, -0.25) is 4.79 Å². The highest BCUT2D eigenvalue weighted by molar-refractivity contribution is 5.98.